The summed E-state index contributed by atoms with van der Waals surface area (Å²) in [6, 6.07) is 4.40. The van der Waals surface area contributed by atoms with Crippen molar-refractivity contribution in [3.63, 3.8) is 0 Å². The second kappa shape index (κ2) is 5.71. The minimum Gasteiger partial charge on any atom is -0.427 e. The number of rotatable bonds is 5. The van der Waals surface area contributed by atoms with Crippen LogP contribution >= 0.6 is 0 Å². The van der Waals surface area contributed by atoms with Crippen molar-refractivity contribution in [2.75, 3.05) is 0 Å². The van der Waals surface area contributed by atoms with E-state index in [2.05, 4.69) is 0 Å². The Hall–Kier alpha value is -1.77. The fourth-order valence-electron chi connectivity index (χ4n) is 1.24. The highest BCUT2D eigenvalue weighted by molar-refractivity contribution is 7.83. The van der Waals surface area contributed by atoms with Crippen molar-refractivity contribution >= 4 is 22.6 Å². The predicted molar refractivity (Wildman–Crippen MR) is 61.2 cm³/mol. The topological polar surface area (TPSA) is 110 Å². The van der Waals surface area contributed by atoms with E-state index in [-0.39, 0.29) is 5.75 Å². The maximum absolute atomic E-state index is 10.7. The Morgan fingerprint density at radius 3 is 2.33 bits per heavy atom. The van der Waals surface area contributed by atoms with Crippen molar-refractivity contribution < 1.29 is 27.3 Å². The van der Waals surface area contributed by atoms with E-state index in [4.69, 9.17) is 9.29 Å². The SMILES string of the molecule is CC(=O)Oc1ccc(C(C=O)NS(=O)(=O)O)cc1. The lowest BCUT2D eigenvalue weighted by Crippen LogP contribution is -2.28. The van der Waals surface area contributed by atoms with Gasteiger partial charge in [0, 0.05) is 6.92 Å². The van der Waals surface area contributed by atoms with Gasteiger partial charge in [0.1, 0.15) is 18.1 Å². The van der Waals surface area contributed by atoms with Gasteiger partial charge in [-0.2, -0.15) is 13.1 Å². The van der Waals surface area contributed by atoms with Crippen LogP contribution in [0.25, 0.3) is 0 Å². The molecule has 0 fully saturated rings. The van der Waals surface area contributed by atoms with Crippen LogP contribution in [0.1, 0.15) is 18.5 Å². The van der Waals surface area contributed by atoms with Crippen LogP contribution in [0.15, 0.2) is 24.3 Å². The van der Waals surface area contributed by atoms with E-state index in [0.29, 0.717) is 11.8 Å². The zero-order valence-electron chi connectivity index (χ0n) is 9.36. The number of nitrogens with one attached hydrogen (secondary N) is 1. The number of ether oxygens (including phenoxy) is 1. The molecule has 2 N–H and O–H groups in total. The van der Waals surface area contributed by atoms with Crippen LogP contribution in [0.3, 0.4) is 0 Å². The third-order valence-corrected chi connectivity index (χ3v) is 2.46. The number of hydrogen-bond donors (Lipinski definition) is 2. The molecule has 0 radical (unpaired) electrons. The van der Waals surface area contributed by atoms with E-state index in [9.17, 15) is 18.0 Å². The normalized spacial score (nSPS) is 12.8. The van der Waals surface area contributed by atoms with Gasteiger partial charge in [-0.25, -0.2) is 0 Å². The van der Waals surface area contributed by atoms with Crippen LogP contribution in [0.5, 0.6) is 5.75 Å². The Bertz CT molecular complexity index is 536. The number of hydrogen-bond acceptors (Lipinski definition) is 5. The smallest absolute Gasteiger partial charge is 0.334 e. The molecule has 7 nitrogen and oxygen atoms in total. The summed E-state index contributed by atoms with van der Waals surface area (Å²) >= 11 is 0. The second-order valence-corrected chi connectivity index (χ2v) is 4.56. The first kappa shape index (κ1) is 14.3. The van der Waals surface area contributed by atoms with Gasteiger partial charge in [-0.1, -0.05) is 12.1 Å². The molecule has 0 heterocycles. The number of benzene rings is 1. The third kappa shape index (κ3) is 4.62. The molecule has 0 aromatic heterocycles. The molecule has 1 aromatic rings. The van der Waals surface area contributed by atoms with Crippen LogP contribution in [0.4, 0.5) is 0 Å². The molecule has 98 valence electrons. The Labute approximate surface area is 104 Å². The molecule has 1 unspecified atom stereocenters. The molecule has 0 spiro atoms. The maximum Gasteiger partial charge on any atom is 0.334 e. The van der Waals surface area contributed by atoms with Gasteiger partial charge in [0.25, 0.3) is 0 Å². The van der Waals surface area contributed by atoms with Crippen molar-refractivity contribution in [1.82, 2.24) is 4.72 Å². The first-order chi connectivity index (χ1) is 8.31. The van der Waals surface area contributed by atoms with E-state index in [1.54, 1.807) is 4.72 Å². The molecule has 0 aliphatic rings. The summed E-state index contributed by atoms with van der Waals surface area (Å²) in [5.41, 5.74) is 0.304. The average Bonchev–Trinajstić information content (AvgIpc) is 2.25. The minimum absolute atomic E-state index is 0.266. The summed E-state index contributed by atoms with van der Waals surface area (Å²) < 4.78 is 36.3. The van der Waals surface area contributed by atoms with Crippen molar-refractivity contribution in [3.05, 3.63) is 29.8 Å². The molecular weight excluding hydrogens is 262 g/mol. The molecule has 1 atom stereocenters. The van der Waals surface area contributed by atoms with E-state index < -0.39 is 22.3 Å². The van der Waals surface area contributed by atoms with Gasteiger partial charge in [-0.15, -0.1) is 0 Å². The van der Waals surface area contributed by atoms with Crippen LogP contribution in [0.2, 0.25) is 0 Å². The lowest BCUT2D eigenvalue weighted by atomic mass is 10.1. The monoisotopic (exact) mass is 273 g/mol. The first-order valence-electron chi connectivity index (χ1n) is 4.80. The lowest BCUT2D eigenvalue weighted by molar-refractivity contribution is -0.131. The van der Waals surface area contributed by atoms with Gasteiger partial charge in [0.05, 0.1) is 0 Å². The van der Waals surface area contributed by atoms with Crippen molar-refractivity contribution in [2.45, 2.75) is 13.0 Å². The minimum atomic E-state index is -4.48. The van der Waals surface area contributed by atoms with Crippen molar-refractivity contribution in [1.29, 1.82) is 0 Å². The molecule has 0 saturated heterocycles. The van der Waals surface area contributed by atoms with E-state index in [1.165, 1.54) is 31.2 Å². The molecule has 0 saturated carbocycles. The van der Waals surface area contributed by atoms with E-state index >= 15 is 0 Å². The van der Waals surface area contributed by atoms with Gasteiger partial charge < -0.3 is 9.53 Å². The zero-order valence-corrected chi connectivity index (χ0v) is 10.2. The summed E-state index contributed by atoms with van der Waals surface area (Å²) in [6.45, 7) is 1.24. The van der Waals surface area contributed by atoms with Crippen LogP contribution in [-0.4, -0.2) is 25.2 Å². The molecule has 0 amide bonds. The van der Waals surface area contributed by atoms with Crippen LogP contribution in [0, 0.1) is 0 Å². The molecule has 18 heavy (non-hydrogen) atoms. The zero-order chi connectivity index (χ0) is 13.8. The second-order valence-electron chi connectivity index (χ2n) is 3.37. The Balaban J connectivity index is 2.88. The molecule has 1 rings (SSSR count). The Kier molecular flexibility index (Phi) is 4.54. The molecule has 8 heteroatoms. The lowest BCUT2D eigenvalue weighted by Gasteiger charge is -2.10. The molecule has 0 bridgehead atoms. The largest absolute Gasteiger partial charge is 0.427 e. The summed E-state index contributed by atoms with van der Waals surface area (Å²) in [5, 5.41) is 0. The van der Waals surface area contributed by atoms with Gasteiger partial charge in [-0.3, -0.25) is 9.35 Å². The molecule has 0 aliphatic carbocycles. The summed E-state index contributed by atoms with van der Waals surface area (Å²) in [7, 11) is -4.48. The van der Waals surface area contributed by atoms with Gasteiger partial charge in [-0.05, 0) is 17.7 Å². The molecule has 1 aromatic carbocycles. The number of carbonyl (C=O) groups excluding carboxylic acids is 2. The highest BCUT2D eigenvalue weighted by atomic mass is 32.2. The van der Waals surface area contributed by atoms with Gasteiger partial charge in [0.2, 0.25) is 0 Å². The van der Waals surface area contributed by atoms with Gasteiger partial charge >= 0.3 is 16.3 Å². The Morgan fingerprint density at radius 2 is 1.94 bits per heavy atom. The fraction of sp³-hybridized carbons (Fsp3) is 0.200. The number of aldehydes is 1. The fourth-order valence-corrected chi connectivity index (χ4v) is 1.76. The van der Waals surface area contributed by atoms with Crippen molar-refractivity contribution in [2.24, 2.45) is 0 Å². The van der Waals surface area contributed by atoms with E-state index in [0.717, 1.165) is 0 Å². The highest BCUT2D eigenvalue weighted by Crippen LogP contribution is 2.17. The van der Waals surface area contributed by atoms with Crippen LogP contribution in [-0.2, 0) is 19.9 Å². The highest BCUT2D eigenvalue weighted by Gasteiger charge is 2.16. The maximum atomic E-state index is 10.7. The first-order valence-corrected chi connectivity index (χ1v) is 6.24. The Morgan fingerprint density at radius 1 is 1.39 bits per heavy atom. The molecule has 0 aliphatic heterocycles. The standard InChI is InChI=1S/C10H11NO6S/c1-7(13)17-9-4-2-8(3-5-9)10(6-12)11-18(14,15)16/h2-6,10-11H,1H3,(H,14,15,16). The third-order valence-electron chi connectivity index (χ3n) is 1.91. The number of esters is 1. The predicted octanol–water partition coefficient (Wildman–Crippen LogP) is 0.244. The average molecular weight is 273 g/mol. The summed E-state index contributed by atoms with van der Waals surface area (Å²) in [4.78, 5) is 21.4. The van der Waals surface area contributed by atoms with Crippen LogP contribution < -0.4 is 9.46 Å². The summed E-state index contributed by atoms with van der Waals surface area (Å²) in [5.74, 6) is -0.228. The summed E-state index contributed by atoms with van der Waals surface area (Å²) in [6.07, 6.45) is 0.328. The molecular formula is C10H11NO6S. The van der Waals surface area contributed by atoms with Crippen molar-refractivity contribution in [3.8, 4) is 5.75 Å². The van der Waals surface area contributed by atoms with Gasteiger partial charge in [0.15, 0.2) is 0 Å². The number of carbonyl (C=O) groups is 2. The van der Waals surface area contributed by atoms with E-state index in [1.807, 2.05) is 0 Å². The quantitative estimate of drug-likeness (QED) is 0.344.